The lowest BCUT2D eigenvalue weighted by molar-refractivity contribution is -0.696. The molecule has 6 heteroatoms. The van der Waals surface area contributed by atoms with E-state index in [1.807, 2.05) is 41.7 Å². The van der Waals surface area contributed by atoms with Gasteiger partial charge >= 0.3 is 0 Å². The Morgan fingerprint density at radius 2 is 1.83 bits per heavy atom. The van der Waals surface area contributed by atoms with Crippen LogP contribution in [-0.4, -0.2) is 42.0 Å². The SMILES string of the molecule is Cc1cc[n+](CCC(=O)N2CCN(c3ccccn3)CC2)cc1.[Br-]. The van der Waals surface area contributed by atoms with Crippen molar-refractivity contribution in [3.05, 3.63) is 54.5 Å². The van der Waals surface area contributed by atoms with Crippen LogP contribution in [0.25, 0.3) is 0 Å². The lowest BCUT2D eigenvalue weighted by Gasteiger charge is -2.35. The minimum Gasteiger partial charge on any atom is -1.00 e. The van der Waals surface area contributed by atoms with Gasteiger partial charge < -0.3 is 26.8 Å². The molecule has 1 amide bonds. The Morgan fingerprint density at radius 3 is 2.46 bits per heavy atom. The number of aromatic nitrogens is 2. The Labute approximate surface area is 153 Å². The Kier molecular flexibility index (Phi) is 6.73. The molecule has 128 valence electrons. The molecule has 3 heterocycles. The van der Waals surface area contributed by atoms with Crippen LogP contribution in [0.1, 0.15) is 12.0 Å². The highest BCUT2D eigenvalue weighted by atomic mass is 79.9. The van der Waals surface area contributed by atoms with Gasteiger partial charge in [0.2, 0.25) is 5.91 Å². The lowest BCUT2D eigenvalue weighted by atomic mass is 10.2. The van der Waals surface area contributed by atoms with Crippen molar-refractivity contribution in [3.8, 4) is 0 Å². The molecule has 5 nitrogen and oxygen atoms in total. The van der Waals surface area contributed by atoms with E-state index in [1.165, 1.54) is 5.56 Å². The van der Waals surface area contributed by atoms with Gasteiger partial charge in [0, 0.05) is 44.5 Å². The fraction of sp³-hybridized carbons (Fsp3) is 0.389. The highest BCUT2D eigenvalue weighted by Gasteiger charge is 2.22. The standard InChI is InChI=1S/C18H23N4O.BrH/c1-16-5-9-20(10-6-16)11-7-18(23)22-14-12-21(13-15-22)17-4-2-3-8-19-17;/h2-6,8-10H,7,11-15H2,1H3;1H/q+1;/p-1. The van der Waals surface area contributed by atoms with E-state index in [2.05, 4.69) is 33.5 Å². The van der Waals surface area contributed by atoms with Crippen molar-refractivity contribution in [2.45, 2.75) is 19.9 Å². The van der Waals surface area contributed by atoms with Gasteiger partial charge in [0.15, 0.2) is 18.9 Å². The van der Waals surface area contributed by atoms with Crippen molar-refractivity contribution in [1.29, 1.82) is 0 Å². The summed E-state index contributed by atoms with van der Waals surface area (Å²) >= 11 is 0. The van der Waals surface area contributed by atoms with Crippen molar-refractivity contribution in [2.75, 3.05) is 31.1 Å². The zero-order chi connectivity index (χ0) is 16.1. The van der Waals surface area contributed by atoms with Gasteiger partial charge in [-0.2, -0.15) is 0 Å². The molecule has 2 aromatic rings. The Hall–Kier alpha value is -1.95. The monoisotopic (exact) mass is 390 g/mol. The van der Waals surface area contributed by atoms with Crippen LogP contribution in [0.3, 0.4) is 0 Å². The number of carbonyl (C=O) groups is 1. The molecule has 2 aromatic heterocycles. The third kappa shape index (κ3) is 4.77. The van der Waals surface area contributed by atoms with Gasteiger partial charge in [-0.05, 0) is 24.6 Å². The summed E-state index contributed by atoms with van der Waals surface area (Å²) in [6, 6.07) is 10.1. The highest BCUT2D eigenvalue weighted by Crippen LogP contribution is 2.12. The third-order valence-electron chi connectivity index (χ3n) is 4.25. The third-order valence-corrected chi connectivity index (χ3v) is 4.25. The summed E-state index contributed by atoms with van der Waals surface area (Å²) in [6.45, 7) is 6.04. The number of amides is 1. The fourth-order valence-electron chi connectivity index (χ4n) is 2.79. The first kappa shape index (κ1) is 18.4. The maximum absolute atomic E-state index is 12.4. The van der Waals surface area contributed by atoms with Gasteiger partial charge in [0.05, 0.1) is 6.42 Å². The molecule has 3 rings (SSSR count). The average molecular weight is 391 g/mol. The molecular weight excluding hydrogens is 368 g/mol. The molecule has 1 fully saturated rings. The van der Waals surface area contributed by atoms with Gasteiger partial charge in [0.1, 0.15) is 5.82 Å². The van der Waals surface area contributed by atoms with E-state index < -0.39 is 0 Å². The largest absolute Gasteiger partial charge is 1.00 e. The summed E-state index contributed by atoms with van der Waals surface area (Å²) in [5.74, 6) is 1.23. The van der Waals surface area contributed by atoms with Crippen molar-refractivity contribution < 1.29 is 26.3 Å². The quantitative estimate of drug-likeness (QED) is 0.591. The van der Waals surface area contributed by atoms with Crippen molar-refractivity contribution in [3.63, 3.8) is 0 Å². The number of anilines is 1. The van der Waals surface area contributed by atoms with Gasteiger partial charge in [0.25, 0.3) is 0 Å². The van der Waals surface area contributed by atoms with E-state index >= 15 is 0 Å². The molecule has 0 radical (unpaired) electrons. The summed E-state index contributed by atoms with van der Waals surface area (Å²) < 4.78 is 2.06. The van der Waals surface area contributed by atoms with E-state index in [0.717, 1.165) is 38.5 Å². The van der Waals surface area contributed by atoms with E-state index in [9.17, 15) is 4.79 Å². The van der Waals surface area contributed by atoms with Crippen LogP contribution in [-0.2, 0) is 11.3 Å². The first-order valence-electron chi connectivity index (χ1n) is 8.12. The maximum atomic E-state index is 12.4. The molecule has 0 N–H and O–H groups in total. The van der Waals surface area contributed by atoms with Crippen LogP contribution in [0.15, 0.2) is 48.9 Å². The molecule has 24 heavy (non-hydrogen) atoms. The van der Waals surface area contributed by atoms with Crippen LogP contribution in [0, 0.1) is 6.92 Å². The second-order valence-corrected chi connectivity index (χ2v) is 5.92. The molecule has 0 bridgehead atoms. The first-order chi connectivity index (χ1) is 11.2. The second-order valence-electron chi connectivity index (χ2n) is 5.92. The van der Waals surface area contributed by atoms with Crippen molar-refractivity contribution >= 4 is 11.7 Å². The molecular formula is C18H23BrN4O. The smallest absolute Gasteiger partial charge is 0.229 e. The molecule has 0 atom stereocenters. The highest BCUT2D eigenvalue weighted by molar-refractivity contribution is 5.76. The predicted molar refractivity (Wildman–Crippen MR) is 89.0 cm³/mol. The summed E-state index contributed by atoms with van der Waals surface area (Å²) in [7, 11) is 0. The molecule has 1 saturated heterocycles. The second kappa shape index (κ2) is 8.78. The summed E-state index contributed by atoms with van der Waals surface area (Å²) in [5.41, 5.74) is 1.23. The zero-order valence-corrected chi connectivity index (χ0v) is 15.5. The number of hydrogen-bond acceptors (Lipinski definition) is 3. The number of aryl methyl sites for hydroxylation is 2. The first-order valence-corrected chi connectivity index (χ1v) is 8.12. The summed E-state index contributed by atoms with van der Waals surface area (Å²) in [6.07, 6.45) is 6.42. The molecule has 0 aromatic carbocycles. The van der Waals surface area contributed by atoms with Gasteiger partial charge in [-0.15, -0.1) is 0 Å². The van der Waals surface area contributed by atoms with Crippen LogP contribution in [0.4, 0.5) is 5.82 Å². The molecule has 0 unspecified atom stereocenters. The van der Waals surface area contributed by atoms with Gasteiger partial charge in [-0.3, -0.25) is 4.79 Å². The Morgan fingerprint density at radius 1 is 1.12 bits per heavy atom. The molecule has 1 aliphatic rings. The molecule has 0 aliphatic carbocycles. The number of pyridine rings is 2. The maximum Gasteiger partial charge on any atom is 0.229 e. The Bertz CT molecular complexity index is 640. The number of nitrogens with zero attached hydrogens (tertiary/aromatic N) is 4. The number of piperazine rings is 1. The minimum absolute atomic E-state index is 0. The normalized spacial score (nSPS) is 14.2. The lowest BCUT2D eigenvalue weighted by Crippen LogP contribution is -3.00. The number of halogens is 1. The van der Waals surface area contributed by atoms with Crippen LogP contribution in [0.5, 0.6) is 0 Å². The Balaban J connectivity index is 0.00000208. The fourth-order valence-corrected chi connectivity index (χ4v) is 2.79. The van der Waals surface area contributed by atoms with E-state index in [-0.39, 0.29) is 22.9 Å². The molecule has 0 saturated carbocycles. The van der Waals surface area contributed by atoms with E-state index in [1.54, 1.807) is 0 Å². The van der Waals surface area contributed by atoms with Crippen LogP contribution < -0.4 is 26.4 Å². The number of hydrogen-bond donors (Lipinski definition) is 0. The van der Waals surface area contributed by atoms with Gasteiger partial charge in [-0.1, -0.05) is 6.07 Å². The molecule has 0 spiro atoms. The summed E-state index contributed by atoms with van der Waals surface area (Å²) in [4.78, 5) is 20.9. The van der Waals surface area contributed by atoms with E-state index in [4.69, 9.17) is 0 Å². The average Bonchev–Trinajstić information content (AvgIpc) is 2.62. The van der Waals surface area contributed by atoms with Gasteiger partial charge in [-0.25, -0.2) is 9.55 Å². The van der Waals surface area contributed by atoms with E-state index in [0.29, 0.717) is 6.42 Å². The summed E-state index contributed by atoms with van der Waals surface area (Å²) in [5, 5.41) is 0. The van der Waals surface area contributed by atoms with Crippen LogP contribution in [0.2, 0.25) is 0 Å². The molecule has 1 aliphatic heterocycles. The topological polar surface area (TPSA) is 40.3 Å². The number of carbonyl (C=O) groups excluding carboxylic acids is 1. The zero-order valence-electron chi connectivity index (χ0n) is 13.9. The van der Waals surface area contributed by atoms with Crippen molar-refractivity contribution in [2.24, 2.45) is 0 Å². The number of rotatable bonds is 4. The predicted octanol–water partition coefficient (Wildman–Crippen LogP) is -1.58. The van der Waals surface area contributed by atoms with Crippen LogP contribution >= 0.6 is 0 Å². The van der Waals surface area contributed by atoms with Crippen molar-refractivity contribution in [1.82, 2.24) is 9.88 Å². The minimum atomic E-state index is 0.